The average Bonchev–Trinajstić information content (AvgIpc) is 2.65. The summed E-state index contributed by atoms with van der Waals surface area (Å²) in [4.78, 5) is 11.9. The van der Waals surface area contributed by atoms with E-state index in [1.54, 1.807) is 31.2 Å². The Morgan fingerprint density at radius 2 is 2.21 bits per heavy atom. The zero-order valence-corrected chi connectivity index (χ0v) is 11.5. The van der Waals surface area contributed by atoms with Crippen LogP contribution in [-0.2, 0) is 4.79 Å². The summed E-state index contributed by atoms with van der Waals surface area (Å²) >= 11 is 10.7. The number of rotatable bonds is 2. The third-order valence-electron chi connectivity index (χ3n) is 2.44. The van der Waals surface area contributed by atoms with Gasteiger partial charge in [0.15, 0.2) is 11.2 Å². The van der Waals surface area contributed by atoms with Crippen LogP contribution < -0.4 is 5.73 Å². The van der Waals surface area contributed by atoms with Crippen LogP contribution in [0.25, 0.3) is 0 Å². The second kappa shape index (κ2) is 5.41. The van der Waals surface area contributed by atoms with Gasteiger partial charge in [-0.15, -0.1) is 0 Å². The van der Waals surface area contributed by atoms with Crippen LogP contribution >= 0.6 is 23.8 Å². The van der Waals surface area contributed by atoms with Gasteiger partial charge in [0, 0.05) is 0 Å². The smallest absolute Gasteiger partial charge is 0.282 e. The molecule has 98 valence electrons. The van der Waals surface area contributed by atoms with Crippen molar-refractivity contribution in [3.8, 4) is 0 Å². The molecule has 0 saturated heterocycles. The summed E-state index contributed by atoms with van der Waals surface area (Å²) in [6, 6.07) is 6.14. The van der Waals surface area contributed by atoms with Crippen molar-refractivity contribution in [3.63, 3.8) is 0 Å². The topological polar surface area (TPSA) is 83.4 Å². The summed E-state index contributed by atoms with van der Waals surface area (Å²) < 4.78 is 0. The number of nitrogens with zero attached hydrogens (tertiary/aromatic N) is 4. The molecule has 19 heavy (non-hydrogen) atoms. The first-order chi connectivity index (χ1) is 9.00. The molecule has 2 N–H and O–H groups in total. The van der Waals surface area contributed by atoms with E-state index >= 15 is 0 Å². The first kappa shape index (κ1) is 13.6. The van der Waals surface area contributed by atoms with Crippen molar-refractivity contribution >= 4 is 46.2 Å². The Balaban J connectivity index is 2.21. The molecule has 1 amide bonds. The molecule has 1 aromatic rings. The van der Waals surface area contributed by atoms with Crippen LogP contribution in [0.4, 0.5) is 5.69 Å². The minimum atomic E-state index is -0.808. The van der Waals surface area contributed by atoms with Crippen LogP contribution in [-0.4, -0.2) is 27.8 Å². The quantitative estimate of drug-likeness (QED) is 0.671. The lowest BCUT2D eigenvalue weighted by molar-refractivity contribution is -0.126. The first-order valence-corrected chi connectivity index (χ1v) is 6.13. The average molecular weight is 296 g/mol. The summed E-state index contributed by atoms with van der Waals surface area (Å²) in [5.74, 6) is -0.416. The highest BCUT2D eigenvalue weighted by atomic mass is 35.5. The number of amides is 1. The molecule has 2 rings (SSSR count). The van der Waals surface area contributed by atoms with E-state index in [9.17, 15) is 4.79 Å². The van der Waals surface area contributed by atoms with Crippen LogP contribution in [0.15, 0.2) is 39.6 Å². The first-order valence-electron chi connectivity index (χ1n) is 5.34. The lowest BCUT2D eigenvalue weighted by Crippen LogP contribution is -2.37. The Bertz CT molecular complexity index is 601. The summed E-state index contributed by atoms with van der Waals surface area (Å²) in [5.41, 5.74) is 6.34. The third kappa shape index (κ3) is 2.77. The Morgan fingerprint density at radius 3 is 2.79 bits per heavy atom. The number of thiocarbonyl (C=S) groups is 1. The molecule has 0 aromatic heterocycles. The van der Waals surface area contributed by atoms with E-state index in [0.717, 1.165) is 5.01 Å². The minimum Gasteiger partial charge on any atom is -0.374 e. The Hall–Kier alpha value is -1.86. The van der Waals surface area contributed by atoms with Gasteiger partial charge in [0.25, 0.3) is 5.91 Å². The predicted octanol–water partition coefficient (Wildman–Crippen LogP) is 2.25. The molecule has 1 aliphatic heterocycles. The van der Waals surface area contributed by atoms with E-state index < -0.39 is 11.9 Å². The minimum absolute atomic E-state index is 0.111. The SMILES string of the molecule is CC1=NN(C(N)=S)C(=O)[C@H]1N=Nc1ccccc1Cl. The number of hydrogen-bond donors (Lipinski definition) is 1. The molecule has 0 saturated carbocycles. The second-order valence-corrected chi connectivity index (χ2v) is 4.62. The maximum atomic E-state index is 11.9. The lowest BCUT2D eigenvalue weighted by atomic mass is 10.2. The standard InChI is InChI=1S/C11H10ClN5OS/c1-6-9(10(18)17(16-6)11(13)19)15-14-8-5-3-2-4-7(8)12/h2-5,9H,1H3,(H2,13,19)/t9-/m0/s1. The van der Waals surface area contributed by atoms with E-state index in [4.69, 9.17) is 29.6 Å². The van der Waals surface area contributed by atoms with Crippen molar-refractivity contribution in [3.05, 3.63) is 29.3 Å². The Morgan fingerprint density at radius 1 is 1.53 bits per heavy atom. The Labute approximate surface area is 119 Å². The largest absolute Gasteiger partial charge is 0.374 e. The highest BCUT2D eigenvalue weighted by Gasteiger charge is 2.35. The van der Waals surface area contributed by atoms with Crippen molar-refractivity contribution < 1.29 is 4.79 Å². The van der Waals surface area contributed by atoms with Crippen molar-refractivity contribution in [1.82, 2.24) is 5.01 Å². The fourth-order valence-corrected chi connectivity index (χ4v) is 1.80. The van der Waals surface area contributed by atoms with Gasteiger partial charge in [-0.1, -0.05) is 23.7 Å². The molecule has 6 nitrogen and oxygen atoms in total. The summed E-state index contributed by atoms with van der Waals surface area (Å²) in [7, 11) is 0. The van der Waals surface area contributed by atoms with Crippen molar-refractivity contribution in [1.29, 1.82) is 0 Å². The van der Waals surface area contributed by atoms with E-state index in [0.29, 0.717) is 16.4 Å². The number of azo groups is 1. The van der Waals surface area contributed by atoms with Gasteiger partial charge in [-0.3, -0.25) is 4.79 Å². The van der Waals surface area contributed by atoms with Crippen LogP contribution in [0.2, 0.25) is 5.02 Å². The molecule has 8 heteroatoms. The monoisotopic (exact) mass is 295 g/mol. The number of hydrogen-bond acceptors (Lipinski definition) is 5. The number of carbonyl (C=O) groups is 1. The number of carbonyl (C=O) groups excluding carboxylic acids is 1. The Kier molecular flexibility index (Phi) is 3.87. The van der Waals surface area contributed by atoms with Crippen molar-refractivity contribution in [2.24, 2.45) is 21.1 Å². The van der Waals surface area contributed by atoms with E-state index in [2.05, 4.69) is 15.3 Å². The maximum Gasteiger partial charge on any atom is 0.282 e. The van der Waals surface area contributed by atoms with Crippen molar-refractivity contribution in [2.45, 2.75) is 13.0 Å². The lowest BCUT2D eigenvalue weighted by Gasteiger charge is -2.08. The van der Waals surface area contributed by atoms with Gasteiger partial charge < -0.3 is 5.73 Å². The predicted molar refractivity (Wildman–Crippen MR) is 76.5 cm³/mol. The molecular weight excluding hydrogens is 286 g/mol. The highest BCUT2D eigenvalue weighted by molar-refractivity contribution is 7.80. The van der Waals surface area contributed by atoms with Gasteiger partial charge in [-0.2, -0.15) is 20.3 Å². The molecule has 0 aliphatic carbocycles. The van der Waals surface area contributed by atoms with Crippen molar-refractivity contribution in [2.75, 3.05) is 0 Å². The zero-order chi connectivity index (χ0) is 14.0. The van der Waals surface area contributed by atoms with E-state index in [-0.39, 0.29) is 5.11 Å². The van der Waals surface area contributed by atoms with Crippen LogP contribution in [0, 0.1) is 0 Å². The zero-order valence-electron chi connectivity index (χ0n) is 9.95. The molecule has 0 radical (unpaired) electrons. The van der Waals surface area contributed by atoms with Gasteiger partial charge in [-0.05, 0) is 31.3 Å². The fraction of sp³-hybridized carbons (Fsp3) is 0.182. The molecule has 0 fully saturated rings. The van der Waals surface area contributed by atoms with Gasteiger partial charge in [0.05, 0.1) is 10.7 Å². The molecule has 0 unspecified atom stereocenters. The van der Waals surface area contributed by atoms with Gasteiger partial charge in [-0.25, -0.2) is 0 Å². The molecule has 0 bridgehead atoms. The van der Waals surface area contributed by atoms with Crippen LogP contribution in [0.1, 0.15) is 6.92 Å². The molecule has 1 aliphatic rings. The van der Waals surface area contributed by atoms with Crippen LogP contribution in [0.3, 0.4) is 0 Å². The number of hydrazone groups is 1. The molecule has 1 atom stereocenters. The third-order valence-corrected chi connectivity index (χ3v) is 2.93. The highest BCUT2D eigenvalue weighted by Crippen LogP contribution is 2.25. The molecule has 1 aromatic carbocycles. The summed E-state index contributed by atoms with van der Waals surface area (Å²) in [6.07, 6.45) is 0. The molecule has 1 heterocycles. The van der Waals surface area contributed by atoms with E-state index in [1.807, 2.05) is 0 Å². The maximum absolute atomic E-state index is 11.9. The number of nitrogens with two attached hydrogens (primary N) is 1. The fourth-order valence-electron chi connectivity index (χ4n) is 1.50. The van der Waals surface area contributed by atoms with E-state index in [1.165, 1.54) is 0 Å². The normalized spacial score (nSPS) is 19.1. The summed E-state index contributed by atoms with van der Waals surface area (Å²) in [6.45, 7) is 1.66. The summed E-state index contributed by atoms with van der Waals surface area (Å²) in [5, 5.41) is 13.1. The number of benzene rings is 1. The van der Waals surface area contributed by atoms with Gasteiger partial charge in [0.1, 0.15) is 5.69 Å². The van der Waals surface area contributed by atoms with Crippen LogP contribution in [0.5, 0.6) is 0 Å². The molecule has 0 spiro atoms. The molecular formula is C11H10ClN5OS. The van der Waals surface area contributed by atoms with Gasteiger partial charge in [0.2, 0.25) is 0 Å². The number of halogens is 1. The van der Waals surface area contributed by atoms with Gasteiger partial charge >= 0.3 is 0 Å². The second-order valence-electron chi connectivity index (χ2n) is 3.80.